The van der Waals surface area contributed by atoms with Gasteiger partial charge in [0, 0.05) is 5.41 Å². The molecule has 0 aromatic heterocycles. The maximum atomic E-state index is 12.0. The zero-order chi connectivity index (χ0) is 11.3. The first kappa shape index (κ1) is 11.0. The lowest BCUT2D eigenvalue weighted by Gasteiger charge is -2.35. The molecule has 4 unspecified atom stereocenters. The normalized spacial score (nSPS) is 49.2. The molecule has 0 aromatic carbocycles. The number of esters is 1. The number of hydrogen-bond donors (Lipinski definition) is 0. The molecule has 0 bridgehead atoms. The Morgan fingerprint density at radius 3 is 2.40 bits per heavy atom. The minimum Gasteiger partial charge on any atom is -0.465 e. The smallest absolute Gasteiger partial charge is 0.312 e. The Balaban J connectivity index is 2.43. The van der Waals surface area contributed by atoms with Crippen molar-refractivity contribution in [3.05, 3.63) is 0 Å². The molecular weight excluding hydrogens is 188 g/mol. The van der Waals surface area contributed by atoms with Gasteiger partial charge in [-0.3, -0.25) is 4.79 Å². The average Bonchev–Trinajstić information content (AvgIpc) is 2.59. The van der Waals surface area contributed by atoms with Crippen LogP contribution < -0.4 is 0 Å². The largest absolute Gasteiger partial charge is 0.465 e. The van der Waals surface area contributed by atoms with Gasteiger partial charge in [0.1, 0.15) is 0 Å². The molecule has 4 atom stereocenters. The van der Waals surface area contributed by atoms with Crippen LogP contribution >= 0.6 is 0 Å². The standard InChI is InChI=1S/C13H22O2/c1-5-9-7-10(6-2)13(4)11(14)15-8-12(9,13)3/h9-10H,5-8H2,1-4H3. The van der Waals surface area contributed by atoms with E-state index in [1.807, 2.05) is 0 Å². The highest BCUT2D eigenvalue weighted by Gasteiger charge is 2.67. The molecule has 0 radical (unpaired) electrons. The molecule has 2 aliphatic rings. The molecule has 2 nitrogen and oxygen atoms in total. The van der Waals surface area contributed by atoms with Gasteiger partial charge in [0.2, 0.25) is 0 Å². The summed E-state index contributed by atoms with van der Waals surface area (Å²) in [5.41, 5.74) is -0.137. The van der Waals surface area contributed by atoms with Crippen molar-refractivity contribution in [1.29, 1.82) is 0 Å². The van der Waals surface area contributed by atoms with Crippen molar-refractivity contribution in [2.75, 3.05) is 6.61 Å². The highest BCUT2D eigenvalue weighted by atomic mass is 16.5. The van der Waals surface area contributed by atoms with Gasteiger partial charge in [-0.2, -0.15) is 0 Å². The summed E-state index contributed by atoms with van der Waals surface area (Å²) in [4.78, 5) is 12.0. The number of fused-ring (bicyclic) bond motifs is 1. The van der Waals surface area contributed by atoms with Gasteiger partial charge in [-0.05, 0) is 25.2 Å². The SMILES string of the molecule is CCC1CC(CC)C2(C)C(=O)OCC12C. The second-order valence-corrected chi connectivity index (χ2v) is 5.64. The highest BCUT2D eigenvalue weighted by molar-refractivity contribution is 5.80. The molecule has 2 heteroatoms. The van der Waals surface area contributed by atoms with Crippen LogP contribution in [0, 0.1) is 22.7 Å². The summed E-state index contributed by atoms with van der Waals surface area (Å²) in [6.07, 6.45) is 3.46. The maximum absolute atomic E-state index is 12.0. The molecule has 0 N–H and O–H groups in total. The molecule has 1 saturated carbocycles. The van der Waals surface area contributed by atoms with E-state index in [0.29, 0.717) is 18.4 Å². The van der Waals surface area contributed by atoms with E-state index >= 15 is 0 Å². The fraction of sp³-hybridized carbons (Fsp3) is 0.923. The summed E-state index contributed by atoms with van der Waals surface area (Å²) in [5, 5.41) is 0. The second kappa shape index (κ2) is 3.23. The lowest BCUT2D eigenvalue weighted by Crippen LogP contribution is -2.40. The van der Waals surface area contributed by atoms with E-state index in [-0.39, 0.29) is 16.8 Å². The van der Waals surface area contributed by atoms with Crippen LogP contribution in [-0.2, 0) is 9.53 Å². The van der Waals surface area contributed by atoms with Crippen molar-refractivity contribution in [3.8, 4) is 0 Å². The van der Waals surface area contributed by atoms with Crippen LogP contribution in [0.5, 0.6) is 0 Å². The van der Waals surface area contributed by atoms with E-state index in [9.17, 15) is 4.79 Å². The van der Waals surface area contributed by atoms with Crippen molar-refractivity contribution in [3.63, 3.8) is 0 Å². The van der Waals surface area contributed by atoms with Gasteiger partial charge >= 0.3 is 5.97 Å². The fourth-order valence-electron chi connectivity index (χ4n) is 3.95. The van der Waals surface area contributed by atoms with Crippen LogP contribution in [0.15, 0.2) is 0 Å². The monoisotopic (exact) mass is 210 g/mol. The Morgan fingerprint density at radius 2 is 1.87 bits per heavy atom. The minimum atomic E-state index is -0.220. The second-order valence-electron chi connectivity index (χ2n) is 5.64. The van der Waals surface area contributed by atoms with Crippen LogP contribution in [0.25, 0.3) is 0 Å². The fourth-order valence-corrected chi connectivity index (χ4v) is 3.95. The van der Waals surface area contributed by atoms with Gasteiger partial charge in [0.25, 0.3) is 0 Å². The molecule has 1 aliphatic heterocycles. The lowest BCUT2D eigenvalue weighted by atomic mass is 9.63. The lowest BCUT2D eigenvalue weighted by molar-refractivity contribution is -0.148. The first-order valence-electron chi connectivity index (χ1n) is 6.18. The van der Waals surface area contributed by atoms with Crippen LogP contribution in [-0.4, -0.2) is 12.6 Å². The van der Waals surface area contributed by atoms with Crippen LogP contribution in [0.3, 0.4) is 0 Å². The van der Waals surface area contributed by atoms with Crippen molar-refractivity contribution in [1.82, 2.24) is 0 Å². The summed E-state index contributed by atoms with van der Waals surface area (Å²) in [7, 11) is 0. The number of hydrogen-bond acceptors (Lipinski definition) is 2. The van der Waals surface area contributed by atoms with E-state index in [1.165, 1.54) is 12.8 Å². The molecular formula is C13H22O2. The van der Waals surface area contributed by atoms with Gasteiger partial charge < -0.3 is 4.74 Å². The molecule has 1 heterocycles. The Bertz CT molecular complexity index is 286. The van der Waals surface area contributed by atoms with E-state index < -0.39 is 0 Å². The average molecular weight is 210 g/mol. The van der Waals surface area contributed by atoms with Crippen molar-refractivity contribution in [2.45, 2.75) is 47.0 Å². The minimum absolute atomic E-state index is 0.0489. The third-order valence-corrected chi connectivity index (χ3v) is 5.39. The first-order chi connectivity index (χ1) is 7.00. The summed E-state index contributed by atoms with van der Waals surface area (Å²) >= 11 is 0. The van der Waals surface area contributed by atoms with Crippen LogP contribution in [0.4, 0.5) is 0 Å². The van der Waals surface area contributed by atoms with Gasteiger partial charge in [0.05, 0.1) is 12.0 Å². The van der Waals surface area contributed by atoms with Gasteiger partial charge in [0.15, 0.2) is 0 Å². The van der Waals surface area contributed by atoms with E-state index in [1.54, 1.807) is 0 Å². The maximum Gasteiger partial charge on any atom is 0.312 e. The van der Waals surface area contributed by atoms with Crippen molar-refractivity contribution in [2.24, 2.45) is 22.7 Å². The molecule has 0 spiro atoms. The Kier molecular flexibility index (Phi) is 2.36. The van der Waals surface area contributed by atoms with E-state index in [2.05, 4.69) is 27.7 Å². The topological polar surface area (TPSA) is 26.3 Å². The van der Waals surface area contributed by atoms with Crippen molar-refractivity contribution >= 4 is 5.97 Å². The highest BCUT2D eigenvalue weighted by Crippen LogP contribution is 2.64. The summed E-state index contributed by atoms with van der Waals surface area (Å²) in [6, 6.07) is 0. The number of carbonyl (C=O) groups is 1. The van der Waals surface area contributed by atoms with Gasteiger partial charge in [-0.15, -0.1) is 0 Å². The zero-order valence-electron chi connectivity index (χ0n) is 10.3. The predicted molar refractivity (Wildman–Crippen MR) is 59.4 cm³/mol. The Labute approximate surface area is 92.4 Å². The van der Waals surface area contributed by atoms with Gasteiger partial charge in [-0.25, -0.2) is 0 Å². The molecule has 0 aromatic rings. The number of carbonyl (C=O) groups excluding carboxylic acids is 1. The van der Waals surface area contributed by atoms with E-state index in [4.69, 9.17) is 4.74 Å². The third kappa shape index (κ3) is 1.08. The number of ether oxygens (including phenoxy) is 1. The van der Waals surface area contributed by atoms with Crippen molar-refractivity contribution < 1.29 is 9.53 Å². The summed E-state index contributed by atoms with van der Waals surface area (Å²) < 4.78 is 5.35. The molecule has 1 saturated heterocycles. The quantitative estimate of drug-likeness (QED) is 0.655. The van der Waals surface area contributed by atoms with E-state index in [0.717, 1.165) is 6.42 Å². The Hall–Kier alpha value is -0.530. The van der Waals surface area contributed by atoms with Gasteiger partial charge in [-0.1, -0.05) is 33.6 Å². The third-order valence-electron chi connectivity index (χ3n) is 5.39. The molecule has 15 heavy (non-hydrogen) atoms. The molecule has 2 fully saturated rings. The molecule has 1 aliphatic carbocycles. The summed E-state index contributed by atoms with van der Waals surface area (Å²) in [5.74, 6) is 1.22. The van der Waals surface area contributed by atoms with Crippen LogP contribution in [0.1, 0.15) is 47.0 Å². The number of rotatable bonds is 2. The molecule has 2 rings (SSSR count). The van der Waals surface area contributed by atoms with Crippen LogP contribution in [0.2, 0.25) is 0 Å². The zero-order valence-corrected chi connectivity index (χ0v) is 10.3. The molecule has 86 valence electrons. The Morgan fingerprint density at radius 1 is 1.27 bits per heavy atom. The summed E-state index contributed by atoms with van der Waals surface area (Å²) in [6.45, 7) is 9.45. The molecule has 0 amide bonds. The number of cyclic esters (lactones) is 1. The first-order valence-corrected chi connectivity index (χ1v) is 6.18. The predicted octanol–water partition coefficient (Wildman–Crippen LogP) is 3.01.